The number of aromatic nitrogens is 2. The van der Waals surface area contributed by atoms with E-state index < -0.39 is 0 Å². The lowest BCUT2D eigenvalue weighted by molar-refractivity contribution is 0.0945. The summed E-state index contributed by atoms with van der Waals surface area (Å²) < 4.78 is 0.947. The molecule has 0 saturated heterocycles. The minimum absolute atomic E-state index is 0.198. The predicted molar refractivity (Wildman–Crippen MR) is 72.4 cm³/mol. The molecule has 2 rings (SSSR count). The van der Waals surface area contributed by atoms with Crippen molar-refractivity contribution in [3.05, 3.63) is 57.5 Å². The van der Waals surface area contributed by atoms with Crippen molar-refractivity contribution in [3.63, 3.8) is 0 Å². The van der Waals surface area contributed by atoms with Gasteiger partial charge in [-0.15, -0.1) is 0 Å². The molecule has 0 saturated carbocycles. The fourth-order valence-corrected chi connectivity index (χ4v) is 1.93. The lowest BCUT2D eigenvalue weighted by Crippen LogP contribution is -2.24. The Bertz CT molecular complexity index is 577. The maximum atomic E-state index is 11.8. The van der Waals surface area contributed by atoms with Gasteiger partial charge >= 0.3 is 0 Å². The van der Waals surface area contributed by atoms with E-state index in [-0.39, 0.29) is 16.8 Å². The predicted octanol–water partition coefficient (Wildman–Crippen LogP) is 2.82. The van der Waals surface area contributed by atoms with Crippen LogP contribution in [0.25, 0.3) is 0 Å². The number of rotatable bonds is 3. The highest BCUT2D eigenvalue weighted by Crippen LogP contribution is 2.15. The summed E-state index contributed by atoms with van der Waals surface area (Å²) in [7, 11) is 0. The first-order valence-corrected chi connectivity index (χ1v) is 6.33. The first kappa shape index (κ1) is 13.0. The van der Waals surface area contributed by atoms with Gasteiger partial charge < -0.3 is 5.32 Å². The third kappa shape index (κ3) is 3.27. The summed E-state index contributed by atoms with van der Waals surface area (Å²) in [5, 5.41) is 2.95. The summed E-state index contributed by atoms with van der Waals surface area (Å²) in [5.74, 6) is -0.305. The number of amides is 1. The monoisotopic (exact) mass is 325 g/mol. The van der Waals surface area contributed by atoms with Gasteiger partial charge in [-0.25, -0.2) is 4.98 Å². The van der Waals surface area contributed by atoms with Crippen molar-refractivity contribution >= 4 is 33.4 Å². The van der Waals surface area contributed by atoms with E-state index in [2.05, 4.69) is 31.2 Å². The van der Waals surface area contributed by atoms with E-state index in [4.69, 9.17) is 11.6 Å². The lowest BCUT2D eigenvalue weighted by Gasteiger charge is -2.06. The van der Waals surface area contributed by atoms with Crippen LogP contribution in [0.2, 0.25) is 5.15 Å². The Kier molecular flexibility index (Phi) is 4.28. The van der Waals surface area contributed by atoms with E-state index in [0.29, 0.717) is 6.54 Å². The molecule has 4 nitrogen and oxygen atoms in total. The molecule has 2 aromatic rings. The summed E-state index contributed by atoms with van der Waals surface area (Å²) in [4.78, 5) is 19.5. The zero-order valence-electron chi connectivity index (χ0n) is 9.23. The van der Waals surface area contributed by atoms with Gasteiger partial charge in [0.15, 0.2) is 0 Å². The van der Waals surface area contributed by atoms with Crippen LogP contribution in [-0.2, 0) is 6.54 Å². The first-order valence-electron chi connectivity index (χ1n) is 5.16. The van der Waals surface area contributed by atoms with Crippen molar-refractivity contribution < 1.29 is 4.79 Å². The molecule has 0 aliphatic rings. The van der Waals surface area contributed by atoms with Crippen molar-refractivity contribution in [2.75, 3.05) is 0 Å². The van der Waals surface area contributed by atoms with Gasteiger partial charge in [0.1, 0.15) is 10.8 Å². The molecule has 1 aromatic carbocycles. The first-order chi connectivity index (χ1) is 8.66. The van der Waals surface area contributed by atoms with Crippen LogP contribution in [0.1, 0.15) is 16.1 Å². The molecule has 0 atom stereocenters. The number of hydrogen-bond acceptors (Lipinski definition) is 3. The normalized spacial score (nSPS) is 10.1. The Morgan fingerprint density at radius 2 is 2.11 bits per heavy atom. The highest BCUT2D eigenvalue weighted by atomic mass is 79.9. The van der Waals surface area contributed by atoms with Gasteiger partial charge in [0.05, 0.1) is 12.4 Å². The van der Waals surface area contributed by atoms with E-state index >= 15 is 0 Å². The van der Waals surface area contributed by atoms with Gasteiger partial charge in [-0.1, -0.05) is 45.7 Å². The van der Waals surface area contributed by atoms with Gasteiger partial charge in [0.2, 0.25) is 0 Å². The summed E-state index contributed by atoms with van der Waals surface area (Å²) in [6.07, 6.45) is 2.76. The number of carbonyl (C=O) groups is 1. The van der Waals surface area contributed by atoms with Crippen LogP contribution in [0.5, 0.6) is 0 Å². The van der Waals surface area contributed by atoms with Crippen LogP contribution in [0.3, 0.4) is 0 Å². The molecular weight excluding hydrogens is 318 g/mol. The average molecular weight is 327 g/mol. The molecule has 0 fully saturated rings. The third-order valence-electron chi connectivity index (χ3n) is 2.24. The molecule has 92 valence electrons. The maximum Gasteiger partial charge on any atom is 0.271 e. The summed E-state index contributed by atoms with van der Waals surface area (Å²) >= 11 is 9.08. The quantitative estimate of drug-likeness (QED) is 0.943. The Labute approximate surface area is 118 Å². The fourth-order valence-electron chi connectivity index (χ4n) is 1.36. The van der Waals surface area contributed by atoms with Crippen LogP contribution < -0.4 is 5.32 Å². The standard InChI is InChI=1S/C12H9BrClN3O/c13-9-4-2-1-3-8(9)5-16-12(18)10-6-15-7-11(14)17-10/h1-4,6-7H,5H2,(H,16,18). The van der Waals surface area contributed by atoms with Crippen molar-refractivity contribution in [1.82, 2.24) is 15.3 Å². The molecule has 0 bridgehead atoms. The smallest absolute Gasteiger partial charge is 0.271 e. The Morgan fingerprint density at radius 3 is 2.83 bits per heavy atom. The third-order valence-corrected chi connectivity index (χ3v) is 3.19. The van der Waals surface area contributed by atoms with E-state index in [1.165, 1.54) is 12.4 Å². The zero-order chi connectivity index (χ0) is 13.0. The van der Waals surface area contributed by atoms with Gasteiger partial charge in [0, 0.05) is 11.0 Å². The molecular formula is C12H9BrClN3O. The van der Waals surface area contributed by atoms with Crippen molar-refractivity contribution in [1.29, 1.82) is 0 Å². The number of nitrogens with zero attached hydrogens (tertiary/aromatic N) is 2. The molecule has 1 aromatic heterocycles. The molecule has 1 N–H and O–H groups in total. The van der Waals surface area contributed by atoms with E-state index in [1.807, 2.05) is 24.3 Å². The largest absolute Gasteiger partial charge is 0.347 e. The lowest BCUT2D eigenvalue weighted by atomic mass is 10.2. The summed E-state index contributed by atoms with van der Waals surface area (Å²) in [6.45, 7) is 0.411. The Hall–Kier alpha value is -1.46. The highest BCUT2D eigenvalue weighted by molar-refractivity contribution is 9.10. The number of hydrogen-bond donors (Lipinski definition) is 1. The molecule has 18 heavy (non-hydrogen) atoms. The number of carbonyl (C=O) groups excluding carboxylic acids is 1. The second-order valence-electron chi connectivity index (χ2n) is 3.50. The molecule has 0 radical (unpaired) electrons. The van der Waals surface area contributed by atoms with Crippen LogP contribution in [0.4, 0.5) is 0 Å². The van der Waals surface area contributed by atoms with E-state index in [9.17, 15) is 4.79 Å². The average Bonchev–Trinajstić information content (AvgIpc) is 2.37. The van der Waals surface area contributed by atoms with Crippen LogP contribution in [0, 0.1) is 0 Å². The number of nitrogens with one attached hydrogen (secondary N) is 1. The molecule has 1 amide bonds. The van der Waals surface area contributed by atoms with E-state index in [1.54, 1.807) is 0 Å². The SMILES string of the molecule is O=C(NCc1ccccc1Br)c1cncc(Cl)n1. The molecule has 0 spiro atoms. The number of halogens is 2. The Morgan fingerprint density at radius 1 is 1.33 bits per heavy atom. The van der Waals surface area contributed by atoms with Gasteiger partial charge in [0.25, 0.3) is 5.91 Å². The zero-order valence-corrected chi connectivity index (χ0v) is 11.6. The summed E-state index contributed by atoms with van der Waals surface area (Å²) in [6, 6.07) is 7.66. The van der Waals surface area contributed by atoms with Crippen LogP contribution >= 0.6 is 27.5 Å². The molecule has 0 aliphatic heterocycles. The Balaban J connectivity index is 2.03. The van der Waals surface area contributed by atoms with Crippen LogP contribution in [-0.4, -0.2) is 15.9 Å². The number of benzene rings is 1. The molecule has 0 unspecified atom stereocenters. The molecule has 1 heterocycles. The van der Waals surface area contributed by atoms with Gasteiger partial charge in [-0.3, -0.25) is 9.78 Å². The second-order valence-corrected chi connectivity index (χ2v) is 4.74. The van der Waals surface area contributed by atoms with Gasteiger partial charge in [-0.2, -0.15) is 0 Å². The van der Waals surface area contributed by atoms with Crippen molar-refractivity contribution in [3.8, 4) is 0 Å². The van der Waals surface area contributed by atoms with Crippen molar-refractivity contribution in [2.24, 2.45) is 0 Å². The molecule has 6 heteroatoms. The second kappa shape index (κ2) is 5.93. The topological polar surface area (TPSA) is 54.9 Å². The molecule has 0 aliphatic carbocycles. The minimum Gasteiger partial charge on any atom is -0.347 e. The van der Waals surface area contributed by atoms with Crippen LogP contribution in [0.15, 0.2) is 41.1 Å². The van der Waals surface area contributed by atoms with Crippen molar-refractivity contribution in [2.45, 2.75) is 6.54 Å². The van der Waals surface area contributed by atoms with E-state index in [0.717, 1.165) is 10.0 Å². The van der Waals surface area contributed by atoms with Gasteiger partial charge in [-0.05, 0) is 11.6 Å². The maximum absolute atomic E-state index is 11.8. The summed E-state index contributed by atoms with van der Waals surface area (Å²) in [5.41, 5.74) is 1.19. The minimum atomic E-state index is -0.305. The highest BCUT2D eigenvalue weighted by Gasteiger charge is 2.08. The fraction of sp³-hybridized carbons (Fsp3) is 0.0833.